The largest absolute Gasteiger partial charge is 0.294 e. The zero-order chi connectivity index (χ0) is 21.3. The highest BCUT2D eigenvalue weighted by atomic mass is 15.2. The van der Waals surface area contributed by atoms with Crippen molar-refractivity contribution in [2.24, 2.45) is 0 Å². The van der Waals surface area contributed by atoms with Crippen LogP contribution in [0, 0.1) is 0 Å². The Kier molecular flexibility index (Phi) is 4.02. The molecule has 2 heteroatoms. The molecule has 1 aliphatic heterocycles. The summed E-state index contributed by atoms with van der Waals surface area (Å²) >= 11 is 0. The van der Waals surface area contributed by atoms with Gasteiger partial charge < -0.3 is 0 Å². The van der Waals surface area contributed by atoms with Crippen molar-refractivity contribution in [1.82, 2.24) is 4.57 Å². The maximum Gasteiger partial charge on any atom is 0.294 e. The first-order valence-electron chi connectivity index (χ1n) is 11.5. The van der Waals surface area contributed by atoms with E-state index in [0.29, 0.717) is 11.8 Å². The van der Waals surface area contributed by atoms with Gasteiger partial charge in [-0.05, 0) is 52.6 Å². The zero-order valence-corrected chi connectivity index (χ0v) is 18.8. The van der Waals surface area contributed by atoms with Crippen LogP contribution in [-0.2, 0) is 13.0 Å². The minimum atomic E-state index is 0.449. The van der Waals surface area contributed by atoms with E-state index in [1.165, 1.54) is 56.0 Å². The Morgan fingerprint density at radius 3 is 2.26 bits per heavy atom. The third kappa shape index (κ3) is 2.61. The second kappa shape index (κ2) is 6.68. The van der Waals surface area contributed by atoms with Gasteiger partial charge in [-0.15, -0.1) is 0 Å². The molecule has 31 heavy (non-hydrogen) atoms. The molecule has 4 aromatic rings. The van der Waals surface area contributed by atoms with Gasteiger partial charge in [-0.2, -0.15) is 4.57 Å². The van der Waals surface area contributed by atoms with Crippen LogP contribution in [0.4, 0.5) is 0 Å². The zero-order valence-electron chi connectivity index (χ0n) is 18.8. The van der Waals surface area contributed by atoms with Gasteiger partial charge in [0.2, 0.25) is 0 Å². The predicted molar refractivity (Wildman–Crippen MR) is 127 cm³/mol. The van der Waals surface area contributed by atoms with E-state index in [9.17, 15) is 0 Å². The van der Waals surface area contributed by atoms with Crippen molar-refractivity contribution >= 4 is 0 Å². The van der Waals surface area contributed by atoms with Crippen molar-refractivity contribution in [1.29, 1.82) is 0 Å². The van der Waals surface area contributed by atoms with Crippen molar-refractivity contribution < 1.29 is 4.57 Å². The smallest absolute Gasteiger partial charge is 0.225 e. The first-order valence-corrected chi connectivity index (χ1v) is 11.5. The molecule has 0 fully saturated rings. The van der Waals surface area contributed by atoms with Crippen LogP contribution in [0.5, 0.6) is 0 Å². The summed E-state index contributed by atoms with van der Waals surface area (Å²) in [7, 11) is 0. The van der Waals surface area contributed by atoms with Crippen molar-refractivity contribution in [2.75, 3.05) is 0 Å². The summed E-state index contributed by atoms with van der Waals surface area (Å²) in [6.45, 7) is 10.3. The number of imidazole rings is 1. The van der Waals surface area contributed by atoms with Gasteiger partial charge >= 0.3 is 0 Å². The first-order chi connectivity index (χ1) is 15.0. The molecular weight excluding hydrogens is 376 g/mol. The van der Waals surface area contributed by atoms with Crippen molar-refractivity contribution in [3.63, 3.8) is 0 Å². The van der Waals surface area contributed by atoms with Crippen LogP contribution in [0.25, 0.3) is 28.2 Å². The van der Waals surface area contributed by atoms with Crippen molar-refractivity contribution in [2.45, 2.75) is 52.5 Å². The molecule has 0 bridgehead atoms. The summed E-state index contributed by atoms with van der Waals surface area (Å²) in [5, 5.41) is 0. The molecule has 1 aromatic heterocycles. The summed E-state index contributed by atoms with van der Waals surface area (Å²) in [6, 6.07) is 20.3. The Balaban J connectivity index is 1.68. The van der Waals surface area contributed by atoms with Gasteiger partial charge in [0.05, 0.1) is 5.56 Å². The molecule has 0 spiro atoms. The van der Waals surface area contributed by atoms with E-state index in [0.717, 1.165) is 13.0 Å². The second-order valence-corrected chi connectivity index (χ2v) is 9.67. The van der Waals surface area contributed by atoms with Crippen LogP contribution in [0.15, 0.2) is 67.0 Å². The van der Waals surface area contributed by atoms with E-state index >= 15 is 0 Å². The van der Waals surface area contributed by atoms with Crippen LogP contribution in [0.1, 0.15) is 67.3 Å². The van der Waals surface area contributed by atoms with Crippen LogP contribution < -0.4 is 4.57 Å². The van der Waals surface area contributed by atoms with Gasteiger partial charge in [0.25, 0.3) is 5.82 Å². The molecular formula is C29H29N2+. The Hall–Kier alpha value is -3.13. The molecule has 6 rings (SSSR count). The third-order valence-corrected chi connectivity index (χ3v) is 7.09. The van der Waals surface area contributed by atoms with Crippen molar-refractivity contribution in [3.05, 3.63) is 94.8 Å². The molecule has 154 valence electrons. The molecule has 1 aliphatic carbocycles. The Bertz CT molecular complexity index is 1340. The summed E-state index contributed by atoms with van der Waals surface area (Å²) in [4.78, 5) is 0. The van der Waals surface area contributed by atoms with Gasteiger partial charge in [0, 0.05) is 16.7 Å². The number of rotatable bonds is 3. The summed E-state index contributed by atoms with van der Waals surface area (Å²) in [5.74, 6) is 2.22. The first kappa shape index (κ1) is 18.6. The molecule has 0 unspecified atom stereocenters. The van der Waals surface area contributed by atoms with E-state index in [2.05, 4.69) is 104 Å². The van der Waals surface area contributed by atoms with Crippen LogP contribution in [-0.4, -0.2) is 4.57 Å². The van der Waals surface area contributed by atoms with Crippen LogP contribution >= 0.6 is 0 Å². The van der Waals surface area contributed by atoms with E-state index < -0.39 is 0 Å². The van der Waals surface area contributed by atoms with Gasteiger partial charge in [0.1, 0.15) is 24.6 Å². The number of fused-ring (bicyclic) bond motifs is 6. The lowest BCUT2D eigenvalue weighted by molar-refractivity contribution is -0.671. The number of hydrogen-bond donors (Lipinski definition) is 0. The average molecular weight is 406 g/mol. The lowest BCUT2D eigenvalue weighted by atomic mass is 9.85. The third-order valence-electron chi connectivity index (χ3n) is 7.09. The highest BCUT2D eigenvalue weighted by Crippen LogP contribution is 2.46. The molecule has 0 N–H and O–H groups in total. The fourth-order valence-electron chi connectivity index (χ4n) is 5.72. The van der Waals surface area contributed by atoms with E-state index in [1.54, 1.807) is 0 Å². The summed E-state index contributed by atoms with van der Waals surface area (Å²) < 4.78 is 4.89. The fraction of sp³-hybridized carbons (Fsp3) is 0.276. The fourth-order valence-corrected chi connectivity index (χ4v) is 5.72. The highest BCUT2D eigenvalue weighted by Gasteiger charge is 2.35. The number of hydrogen-bond acceptors (Lipinski definition) is 0. The standard InChI is InChI=1S/C29H29N2/c1-18(2)24-16-25-22-11-7-5-9-20(22)15-26(25)27(19(3)4)28(24)31-14-13-30-17-21-10-6-8-12-23(21)29(30)31/h5-14,16,18-19H,15,17H2,1-4H3/q+1. The molecule has 2 heterocycles. The molecule has 3 aromatic carbocycles. The molecule has 0 atom stereocenters. The van der Waals surface area contributed by atoms with Crippen LogP contribution in [0.2, 0.25) is 0 Å². The maximum atomic E-state index is 2.49. The van der Waals surface area contributed by atoms with Gasteiger partial charge in [0.15, 0.2) is 0 Å². The number of nitrogens with zero attached hydrogens (tertiary/aromatic N) is 2. The van der Waals surface area contributed by atoms with Gasteiger partial charge in [-0.3, -0.25) is 0 Å². The van der Waals surface area contributed by atoms with Gasteiger partial charge in [-0.25, -0.2) is 4.57 Å². The number of aromatic nitrogens is 2. The molecule has 2 nitrogen and oxygen atoms in total. The van der Waals surface area contributed by atoms with Crippen molar-refractivity contribution in [3.8, 4) is 28.2 Å². The summed E-state index contributed by atoms with van der Waals surface area (Å²) in [5.41, 5.74) is 13.0. The average Bonchev–Trinajstić information content (AvgIpc) is 3.43. The molecule has 0 radical (unpaired) electrons. The lowest BCUT2D eigenvalue weighted by Gasteiger charge is -2.22. The Morgan fingerprint density at radius 2 is 1.52 bits per heavy atom. The molecule has 2 aliphatic rings. The van der Waals surface area contributed by atoms with E-state index in [1.807, 2.05) is 0 Å². The van der Waals surface area contributed by atoms with E-state index in [-0.39, 0.29) is 0 Å². The molecule has 0 saturated carbocycles. The Morgan fingerprint density at radius 1 is 0.806 bits per heavy atom. The van der Waals surface area contributed by atoms with Crippen LogP contribution in [0.3, 0.4) is 0 Å². The number of benzene rings is 3. The monoisotopic (exact) mass is 405 g/mol. The molecule has 0 saturated heterocycles. The lowest BCUT2D eigenvalue weighted by Crippen LogP contribution is -2.30. The maximum absolute atomic E-state index is 2.49. The highest BCUT2D eigenvalue weighted by molar-refractivity contribution is 5.82. The normalized spacial score (nSPS) is 13.5. The quantitative estimate of drug-likeness (QED) is 0.293. The molecule has 0 amide bonds. The summed E-state index contributed by atoms with van der Waals surface area (Å²) in [6.07, 6.45) is 5.58. The van der Waals surface area contributed by atoms with E-state index in [4.69, 9.17) is 0 Å². The predicted octanol–water partition coefficient (Wildman–Crippen LogP) is 6.61. The Labute approximate surface area is 184 Å². The SMILES string of the molecule is CC(C)c1cc2c(c(C(C)C)c1-n1cc[n+]3c1-c1ccccc1C3)Cc1ccccc1-2. The van der Waals surface area contributed by atoms with Gasteiger partial charge in [-0.1, -0.05) is 70.2 Å². The second-order valence-electron chi connectivity index (χ2n) is 9.67. The minimum absolute atomic E-state index is 0.449. The topological polar surface area (TPSA) is 8.81 Å². The minimum Gasteiger partial charge on any atom is -0.225 e.